The van der Waals surface area contributed by atoms with Gasteiger partial charge in [-0.05, 0) is 13.8 Å². The number of rotatable bonds is 4. The summed E-state index contributed by atoms with van der Waals surface area (Å²) in [4.78, 5) is 4.64. The number of aryl methyl sites for hydroxylation is 2. The molecular weight excluding hydrogens is 394 g/mol. The van der Waals surface area contributed by atoms with E-state index in [0.29, 0.717) is 55.7 Å². The van der Waals surface area contributed by atoms with Crippen LogP contribution in [0.4, 0.5) is 11.5 Å². The molecule has 0 spiro atoms. The third-order valence-electron chi connectivity index (χ3n) is 5.61. The molecule has 0 unspecified atom stereocenters. The number of piperazine rings is 1. The molecule has 2 fully saturated rings. The summed E-state index contributed by atoms with van der Waals surface area (Å²) in [6, 6.07) is 2.03. The predicted molar refractivity (Wildman–Crippen MR) is 109 cm³/mol. The van der Waals surface area contributed by atoms with E-state index in [1.807, 2.05) is 6.07 Å². The molecule has 11 heteroatoms. The maximum Gasteiger partial charge on any atom is 0.246 e. The number of aromatic nitrogens is 4. The van der Waals surface area contributed by atoms with E-state index < -0.39 is 10.0 Å². The molecule has 2 aromatic heterocycles. The van der Waals surface area contributed by atoms with Crippen LogP contribution < -0.4 is 9.80 Å². The highest BCUT2D eigenvalue weighted by Crippen LogP contribution is 2.26. The van der Waals surface area contributed by atoms with Gasteiger partial charge in [0.05, 0.1) is 36.5 Å². The van der Waals surface area contributed by atoms with Crippen LogP contribution >= 0.6 is 0 Å². The van der Waals surface area contributed by atoms with Crippen molar-refractivity contribution in [2.75, 3.05) is 62.3 Å². The third-order valence-corrected chi connectivity index (χ3v) is 7.76. The second-order valence-electron chi connectivity index (χ2n) is 7.39. The van der Waals surface area contributed by atoms with E-state index in [4.69, 9.17) is 4.74 Å². The Balaban J connectivity index is 1.47. The van der Waals surface area contributed by atoms with Crippen LogP contribution in [0.2, 0.25) is 0 Å². The van der Waals surface area contributed by atoms with Crippen LogP contribution in [0, 0.1) is 13.8 Å². The Morgan fingerprint density at radius 3 is 2.31 bits per heavy atom. The van der Waals surface area contributed by atoms with Crippen LogP contribution in [0.15, 0.2) is 17.2 Å². The van der Waals surface area contributed by atoms with E-state index in [-0.39, 0.29) is 0 Å². The van der Waals surface area contributed by atoms with Gasteiger partial charge < -0.3 is 14.5 Å². The number of nitrogens with zero attached hydrogens (tertiary/aromatic N) is 7. The molecule has 2 aliphatic rings. The highest BCUT2D eigenvalue weighted by molar-refractivity contribution is 7.89. The van der Waals surface area contributed by atoms with Gasteiger partial charge in [0.15, 0.2) is 5.82 Å². The summed E-state index contributed by atoms with van der Waals surface area (Å²) in [6.45, 7) is 8.56. The molecule has 10 nitrogen and oxygen atoms in total. The summed E-state index contributed by atoms with van der Waals surface area (Å²) in [6.07, 6.45) is 1.77. The topological polar surface area (TPSA) is 96.7 Å². The van der Waals surface area contributed by atoms with Gasteiger partial charge in [0.1, 0.15) is 4.90 Å². The number of ether oxygens (including phenoxy) is 1. The first-order chi connectivity index (χ1) is 13.9. The zero-order valence-electron chi connectivity index (χ0n) is 17.1. The zero-order chi connectivity index (χ0) is 20.6. The summed E-state index contributed by atoms with van der Waals surface area (Å²) in [7, 11) is -1.80. The molecule has 2 aliphatic heterocycles. The monoisotopic (exact) mass is 421 g/mol. The number of anilines is 2. The van der Waals surface area contributed by atoms with Crippen LogP contribution in [0.3, 0.4) is 0 Å². The van der Waals surface area contributed by atoms with Crippen LogP contribution in [0.1, 0.15) is 11.4 Å². The van der Waals surface area contributed by atoms with E-state index in [1.165, 1.54) is 0 Å². The van der Waals surface area contributed by atoms with Gasteiger partial charge in [0, 0.05) is 52.4 Å². The Kier molecular flexibility index (Phi) is 5.45. The highest BCUT2D eigenvalue weighted by atomic mass is 32.2. The third kappa shape index (κ3) is 3.81. The summed E-state index contributed by atoms with van der Waals surface area (Å²) in [5, 5.41) is 12.7. The smallest absolute Gasteiger partial charge is 0.246 e. The molecule has 0 atom stereocenters. The molecule has 0 saturated carbocycles. The average Bonchev–Trinajstić information content (AvgIpc) is 3.01. The molecule has 29 heavy (non-hydrogen) atoms. The van der Waals surface area contributed by atoms with Crippen molar-refractivity contribution in [3.63, 3.8) is 0 Å². The van der Waals surface area contributed by atoms with Gasteiger partial charge >= 0.3 is 0 Å². The second-order valence-corrected chi connectivity index (χ2v) is 9.26. The summed E-state index contributed by atoms with van der Waals surface area (Å²) in [5.41, 5.74) is 2.22. The van der Waals surface area contributed by atoms with Gasteiger partial charge in [-0.15, -0.1) is 5.10 Å². The first-order valence-corrected chi connectivity index (χ1v) is 11.2. The fourth-order valence-corrected chi connectivity index (χ4v) is 5.73. The van der Waals surface area contributed by atoms with E-state index in [9.17, 15) is 8.42 Å². The van der Waals surface area contributed by atoms with Gasteiger partial charge in [-0.1, -0.05) is 0 Å². The molecule has 2 aromatic rings. The van der Waals surface area contributed by atoms with Gasteiger partial charge in [-0.25, -0.2) is 8.42 Å². The summed E-state index contributed by atoms with van der Waals surface area (Å²) >= 11 is 0. The van der Waals surface area contributed by atoms with Crippen molar-refractivity contribution in [2.24, 2.45) is 7.05 Å². The standard InChI is InChI=1S/C18H27N7O3S/c1-14-18(15(2)22(3)21-14)29(26,27)25-6-4-24(5-7-25)17-12-16(13-19-20-17)23-8-10-28-11-9-23/h12-13H,4-11H2,1-3H3. The van der Waals surface area contributed by atoms with E-state index >= 15 is 0 Å². The molecule has 4 heterocycles. The fraction of sp³-hybridized carbons (Fsp3) is 0.611. The largest absolute Gasteiger partial charge is 0.378 e. The van der Waals surface area contributed by atoms with Gasteiger partial charge in [-0.3, -0.25) is 4.68 Å². The van der Waals surface area contributed by atoms with Gasteiger partial charge in [0.25, 0.3) is 0 Å². The molecule has 0 radical (unpaired) electrons. The van der Waals surface area contributed by atoms with Crippen molar-refractivity contribution in [1.82, 2.24) is 24.3 Å². The Hall–Kier alpha value is -2.24. The normalized spacial score (nSPS) is 19.0. The van der Waals surface area contributed by atoms with E-state index in [2.05, 4.69) is 25.1 Å². The Morgan fingerprint density at radius 1 is 1.00 bits per heavy atom. The van der Waals surface area contributed by atoms with Crippen molar-refractivity contribution < 1.29 is 13.2 Å². The lowest BCUT2D eigenvalue weighted by Crippen LogP contribution is -2.49. The van der Waals surface area contributed by atoms with Gasteiger partial charge in [0.2, 0.25) is 10.0 Å². The Morgan fingerprint density at radius 2 is 1.69 bits per heavy atom. The SMILES string of the molecule is Cc1nn(C)c(C)c1S(=O)(=O)N1CCN(c2cc(N3CCOCC3)cnn2)CC1. The molecule has 4 rings (SSSR count). The van der Waals surface area contributed by atoms with Crippen molar-refractivity contribution >= 4 is 21.5 Å². The van der Waals surface area contributed by atoms with Crippen molar-refractivity contribution in [1.29, 1.82) is 0 Å². The lowest BCUT2D eigenvalue weighted by molar-refractivity contribution is 0.122. The maximum absolute atomic E-state index is 13.2. The van der Waals surface area contributed by atoms with Crippen molar-refractivity contribution in [3.05, 3.63) is 23.7 Å². The van der Waals surface area contributed by atoms with Crippen molar-refractivity contribution in [3.8, 4) is 0 Å². The minimum atomic E-state index is -3.57. The lowest BCUT2D eigenvalue weighted by atomic mass is 10.3. The number of sulfonamides is 1. The van der Waals surface area contributed by atoms with Crippen LogP contribution in [-0.2, 0) is 21.8 Å². The van der Waals surface area contributed by atoms with Crippen molar-refractivity contribution in [2.45, 2.75) is 18.7 Å². The minimum absolute atomic E-state index is 0.322. The molecule has 0 amide bonds. The van der Waals surface area contributed by atoms with E-state index in [0.717, 1.165) is 24.6 Å². The first-order valence-electron chi connectivity index (χ1n) is 9.78. The molecular formula is C18H27N7O3S. The minimum Gasteiger partial charge on any atom is -0.378 e. The summed E-state index contributed by atoms with van der Waals surface area (Å²) in [5.74, 6) is 0.778. The maximum atomic E-state index is 13.2. The number of hydrogen-bond acceptors (Lipinski definition) is 8. The molecule has 158 valence electrons. The predicted octanol–water partition coefficient (Wildman–Crippen LogP) is 0.174. The average molecular weight is 422 g/mol. The molecule has 0 bridgehead atoms. The number of hydrogen-bond donors (Lipinski definition) is 0. The Labute approximate surface area is 171 Å². The van der Waals surface area contributed by atoms with E-state index in [1.54, 1.807) is 36.1 Å². The number of morpholine rings is 1. The first kappa shape index (κ1) is 20.0. The second kappa shape index (κ2) is 7.88. The lowest BCUT2D eigenvalue weighted by Gasteiger charge is -2.35. The van der Waals surface area contributed by atoms with Crippen LogP contribution in [0.25, 0.3) is 0 Å². The molecule has 2 saturated heterocycles. The van der Waals surface area contributed by atoms with Crippen LogP contribution in [-0.4, -0.2) is 85.2 Å². The molecule has 0 aliphatic carbocycles. The fourth-order valence-electron chi connectivity index (χ4n) is 3.91. The van der Waals surface area contributed by atoms with Gasteiger partial charge in [-0.2, -0.15) is 14.5 Å². The quantitative estimate of drug-likeness (QED) is 0.690. The Bertz CT molecular complexity index is 977. The molecule has 0 aromatic carbocycles. The zero-order valence-corrected chi connectivity index (χ0v) is 17.9. The highest BCUT2D eigenvalue weighted by Gasteiger charge is 2.33. The molecule has 0 N–H and O–H groups in total. The van der Waals surface area contributed by atoms with Crippen LogP contribution in [0.5, 0.6) is 0 Å². The summed E-state index contributed by atoms with van der Waals surface area (Å²) < 4.78 is 34.9.